The second-order valence-corrected chi connectivity index (χ2v) is 4.62. The lowest BCUT2D eigenvalue weighted by Crippen LogP contribution is -2.30. The molecule has 1 unspecified atom stereocenters. The predicted molar refractivity (Wildman–Crippen MR) is 66.5 cm³/mol. The summed E-state index contributed by atoms with van der Waals surface area (Å²) in [5.41, 5.74) is 0.252. The molecule has 0 saturated heterocycles. The summed E-state index contributed by atoms with van der Waals surface area (Å²) in [5.74, 6) is 0.000538. The van der Waals surface area contributed by atoms with Gasteiger partial charge in [-0.15, -0.1) is 0 Å². The number of Topliss-reactive ketones (excluding diaryl/α,β-unsaturated/α-hetero) is 1. The molecule has 0 aromatic heterocycles. The average Bonchev–Trinajstić information content (AvgIpc) is 2.34. The van der Waals surface area contributed by atoms with Crippen molar-refractivity contribution in [2.45, 2.75) is 19.2 Å². The molecule has 0 spiro atoms. The molecule has 0 aliphatic rings. The molecular weight excluding hydrogens is 329 g/mol. The Bertz CT molecular complexity index is 460. The maximum Gasteiger partial charge on any atom is 0.414 e. The molecule has 0 bridgehead atoms. The number of methoxy groups -OCH3 is 1. The zero-order chi connectivity index (χ0) is 14.6. The van der Waals surface area contributed by atoms with Crippen LogP contribution < -0.4 is 4.74 Å². The Morgan fingerprint density at radius 1 is 1.42 bits per heavy atom. The van der Waals surface area contributed by atoms with Crippen molar-refractivity contribution in [1.82, 2.24) is 0 Å². The highest BCUT2D eigenvalue weighted by molar-refractivity contribution is 9.10. The number of carbonyl (C=O) groups excluding carboxylic acids is 1. The Hall–Kier alpha value is -1.08. The second kappa shape index (κ2) is 6.38. The Labute approximate surface area is 116 Å². The molecule has 106 valence electrons. The summed E-state index contributed by atoms with van der Waals surface area (Å²) >= 11 is 3.19. The van der Waals surface area contributed by atoms with Crippen LogP contribution in [0.25, 0.3) is 0 Å². The molecule has 0 saturated carbocycles. The molecule has 1 aromatic carbocycles. The molecule has 1 rings (SSSR count). The third kappa shape index (κ3) is 4.50. The Balaban J connectivity index is 2.67. The molecule has 1 atom stereocenters. The van der Waals surface area contributed by atoms with E-state index in [1.165, 1.54) is 19.2 Å². The molecular formula is C12H12BrF3O3. The van der Waals surface area contributed by atoms with Crippen LogP contribution in [0, 0.1) is 0 Å². The van der Waals surface area contributed by atoms with E-state index in [1.807, 2.05) is 0 Å². The van der Waals surface area contributed by atoms with Crippen LogP contribution in [-0.2, 0) is 4.74 Å². The number of rotatable bonds is 5. The smallest absolute Gasteiger partial charge is 0.414 e. The minimum Gasteiger partial charge on any atom is -0.496 e. The van der Waals surface area contributed by atoms with Gasteiger partial charge in [0.1, 0.15) is 12.4 Å². The van der Waals surface area contributed by atoms with Crippen molar-refractivity contribution in [1.29, 1.82) is 0 Å². The summed E-state index contributed by atoms with van der Waals surface area (Å²) < 4.78 is 46.6. The number of alkyl halides is 3. The van der Waals surface area contributed by atoms with Crippen molar-refractivity contribution in [2.24, 2.45) is 0 Å². The van der Waals surface area contributed by atoms with Crippen molar-refractivity contribution in [2.75, 3.05) is 13.7 Å². The van der Waals surface area contributed by atoms with Crippen molar-refractivity contribution in [3.05, 3.63) is 28.2 Å². The largest absolute Gasteiger partial charge is 0.496 e. The maximum atomic E-state index is 12.2. The number of carbonyl (C=O) groups is 1. The van der Waals surface area contributed by atoms with Gasteiger partial charge in [-0.25, -0.2) is 0 Å². The third-order valence-electron chi connectivity index (χ3n) is 2.40. The fourth-order valence-corrected chi connectivity index (χ4v) is 1.76. The van der Waals surface area contributed by atoms with Gasteiger partial charge in [0.2, 0.25) is 0 Å². The molecule has 0 radical (unpaired) electrons. The van der Waals surface area contributed by atoms with Crippen LogP contribution in [0.5, 0.6) is 5.75 Å². The highest BCUT2D eigenvalue weighted by Gasteiger charge is 2.37. The van der Waals surface area contributed by atoms with Gasteiger partial charge in [-0.05, 0) is 41.1 Å². The standard InChI is InChI=1S/C12H12BrF3O3/c1-7(12(14,15)16)19-6-10(17)8-3-4-11(18-2)9(13)5-8/h3-5,7H,6H2,1-2H3. The van der Waals surface area contributed by atoms with Crippen molar-refractivity contribution in [3.63, 3.8) is 0 Å². The number of hydrogen-bond donors (Lipinski definition) is 0. The van der Waals surface area contributed by atoms with Gasteiger partial charge in [-0.3, -0.25) is 4.79 Å². The zero-order valence-electron chi connectivity index (χ0n) is 10.3. The molecule has 0 aliphatic carbocycles. The topological polar surface area (TPSA) is 35.5 Å². The molecule has 0 N–H and O–H groups in total. The van der Waals surface area contributed by atoms with Gasteiger partial charge in [0, 0.05) is 5.56 Å². The van der Waals surface area contributed by atoms with E-state index in [9.17, 15) is 18.0 Å². The second-order valence-electron chi connectivity index (χ2n) is 3.77. The Kier molecular flexibility index (Phi) is 5.37. The van der Waals surface area contributed by atoms with Gasteiger partial charge in [-0.2, -0.15) is 13.2 Å². The highest BCUT2D eigenvalue weighted by atomic mass is 79.9. The van der Waals surface area contributed by atoms with Crippen molar-refractivity contribution >= 4 is 21.7 Å². The van der Waals surface area contributed by atoms with E-state index >= 15 is 0 Å². The van der Waals surface area contributed by atoms with Gasteiger partial charge in [0.15, 0.2) is 11.9 Å². The summed E-state index contributed by atoms with van der Waals surface area (Å²) in [4.78, 5) is 11.7. The zero-order valence-corrected chi connectivity index (χ0v) is 11.8. The number of benzene rings is 1. The lowest BCUT2D eigenvalue weighted by molar-refractivity contribution is -0.210. The van der Waals surface area contributed by atoms with Crippen LogP contribution in [-0.4, -0.2) is 31.8 Å². The van der Waals surface area contributed by atoms with Crippen LogP contribution in [0.2, 0.25) is 0 Å². The first-order chi connectivity index (χ1) is 8.75. The number of halogens is 4. The van der Waals surface area contributed by atoms with Crippen LogP contribution in [0.4, 0.5) is 13.2 Å². The normalized spacial score (nSPS) is 13.2. The Morgan fingerprint density at radius 3 is 2.53 bits per heavy atom. The number of ketones is 1. The lowest BCUT2D eigenvalue weighted by Gasteiger charge is -2.15. The van der Waals surface area contributed by atoms with Crippen LogP contribution >= 0.6 is 15.9 Å². The van der Waals surface area contributed by atoms with E-state index in [0.29, 0.717) is 10.2 Å². The highest BCUT2D eigenvalue weighted by Crippen LogP contribution is 2.26. The monoisotopic (exact) mass is 340 g/mol. The van der Waals surface area contributed by atoms with E-state index in [4.69, 9.17) is 4.74 Å². The van der Waals surface area contributed by atoms with Crippen molar-refractivity contribution in [3.8, 4) is 5.75 Å². The van der Waals surface area contributed by atoms with E-state index in [1.54, 1.807) is 6.07 Å². The molecule has 0 fully saturated rings. The van der Waals surface area contributed by atoms with Gasteiger partial charge in [0.25, 0.3) is 0 Å². The predicted octanol–water partition coefficient (Wildman–Crippen LogP) is 3.61. The molecule has 0 heterocycles. The first kappa shape index (κ1) is 16.0. The molecule has 3 nitrogen and oxygen atoms in total. The van der Waals surface area contributed by atoms with E-state index in [-0.39, 0.29) is 5.56 Å². The summed E-state index contributed by atoms with van der Waals surface area (Å²) in [7, 11) is 1.47. The van der Waals surface area contributed by atoms with Crippen molar-refractivity contribution < 1.29 is 27.4 Å². The van der Waals surface area contributed by atoms with E-state index < -0.39 is 24.7 Å². The quantitative estimate of drug-likeness (QED) is 0.768. The molecule has 1 aromatic rings. The summed E-state index contributed by atoms with van der Waals surface area (Å²) in [6.45, 7) is 0.233. The average molecular weight is 341 g/mol. The first-order valence-electron chi connectivity index (χ1n) is 5.30. The summed E-state index contributed by atoms with van der Waals surface area (Å²) in [5, 5.41) is 0. The van der Waals surface area contributed by atoms with E-state index in [2.05, 4.69) is 20.7 Å². The molecule has 7 heteroatoms. The number of ether oxygens (including phenoxy) is 2. The van der Waals surface area contributed by atoms with Crippen LogP contribution in [0.15, 0.2) is 22.7 Å². The van der Waals surface area contributed by atoms with Gasteiger partial charge >= 0.3 is 6.18 Å². The maximum absolute atomic E-state index is 12.2. The third-order valence-corrected chi connectivity index (χ3v) is 3.02. The minimum absolute atomic E-state index is 0.252. The van der Waals surface area contributed by atoms with E-state index in [0.717, 1.165) is 6.92 Å². The first-order valence-corrected chi connectivity index (χ1v) is 6.10. The lowest BCUT2D eigenvalue weighted by atomic mass is 10.1. The summed E-state index contributed by atoms with van der Waals surface area (Å²) in [6, 6.07) is 4.49. The molecule has 19 heavy (non-hydrogen) atoms. The van der Waals surface area contributed by atoms with Crippen LogP contribution in [0.3, 0.4) is 0 Å². The summed E-state index contributed by atoms with van der Waals surface area (Å²) in [6.07, 6.45) is -6.45. The molecule has 0 amide bonds. The SMILES string of the molecule is COc1ccc(C(=O)COC(C)C(F)(F)F)cc1Br. The fourth-order valence-electron chi connectivity index (χ4n) is 1.22. The molecule has 0 aliphatic heterocycles. The number of hydrogen-bond acceptors (Lipinski definition) is 3. The van der Waals surface area contributed by atoms with Gasteiger partial charge < -0.3 is 9.47 Å². The minimum atomic E-state index is -4.47. The van der Waals surface area contributed by atoms with Gasteiger partial charge in [-0.1, -0.05) is 0 Å². The van der Waals surface area contributed by atoms with Gasteiger partial charge in [0.05, 0.1) is 11.6 Å². The fraction of sp³-hybridized carbons (Fsp3) is 0.417. The van der Waals surface area contributed by atoms with Crippen LogP contribution in [0.1, 0.15) is 17.3 Å². The Morgan fingerprint density at radius 2 is 2.05 bits per heavy atom.